The van der Waals surface area contributed by atoms with Gasteiger partial charge in [0.25, 0.3) is 0 Å². The lowest BCUT2D eigenvalue weighted by Crippen LogP contribution is -2.31. The van der Waals surface area contributed by atoms with Crippen molar-refractivity contribution in [2.45, 2.75) is 38.9 Å². The molecule has 0 saturated heterocycles. The molecule has 27 heavy (non-hydrogen) atoms. The molecule has 2 aromatic carbocycles. The molecule has 4 heteroatoms. The standard InChI is InChI=1S/C23H22O4/c1-22(2)12-10-15-19(25)17(18(24)14-8-6-5-7-9-14)21-16(20(15)26-22)11-13-23(3,4)27-21/h5-13,25H,1-4H3. The molecule has 2 heterocycles. The molecular weight excluding hydrogens is 340 g/mol. The van der Waals surface area contributed by atoms with Gasteiger partial charge in [0.1, 0.15) is 34.0 Å². The third kappa shape index (κ3) is 2.91. The van der Waals surface area contributed by atoms with Gasteiger partial charge in [0.15, 0.2) is 0 Å². The monoisotopic (exact) mass is 362 g/mol. The van der Waals surface area contributed by atoms with Crippen LogP contribution in [0.5, 0.6) is 17.2 Å². The number of phenols is 1. The molecule has 0 atom stereocenters. The summed E-state index contributed by atoms with van der Waals surface area (Å²) in [5.41, 5.74) is 0.727. The third-order valence-corrected chi connectivity index (χ3v) is 4.75. The second-order valence-electron chi connectivity index (χ2n) is 7.98. The van der Waals surface area contributed by atoms with Crippen molar-refractivity contribution in [2.75, 3.05) is 0 Å². The average Bonchev–Trinajstić information content (AvgIpc) is 2.60. The maximum Gasteiger partial charge on any atom is 0.200 e. The average molecular weight is 362 g/mol. The summed E-state index contributed by atoms with van der Waals surface area (Å²) in [5.74, 6) is 0.497. The highest BCUT2D eigenvalue weighted by molar-refractivity contribution is 6.14. The summed E-state index contributed by atoms with van der Waals surface area (Å²) in [6.45, 7) is 7.70. The van der Waals surface area contributed by atoms with E-state index in [4.69, 9.17) is 9.47 Å². The van der Waals surface area contributed by atoms with E-state index in [-0.39, 0.29) is 17.1 Å². The summed E-state index contributed by atoms with van der Waals surface area (Å²) in [4.78, 5) is 13.2. The molecule has 0 aliphatic carbocycles. The number of benzene rings is 2. The summed E-state index contributed by atoms with van der Waals surface area (Å²) >= 11 is 0. The van der Waals surface area contributed by atoms with Crippen molar-refractivity contribution in [3.8, 4) is 17.2 Å². The van der Waals surface area contributed by atoms with Crippen LogP contribution in [0.15, 0.2) is 42.5 Å². The Morgan fingerprint density at radius 2 is 1.41 bits per heavy atom. The van der Waals surface area contributed by atoms with Gasteiger partial charge in [-0.3, -0.25) is 4.79 Å². The number of aromatic hydroxyl groups is 1. The molecule has 2 aromatic rings. The fourth-order valence-electron chi connectivity index (χ4n) is 3.36. The Bertz CT molecular complexity index is 995. The first-order valence-corrected chi connectivity index (χ1v) is 8.98. The van der Waals surface area contributed by atoms with Gasteiger partial charge in [0.2, 0.25) is 5.78 Å². The molecule has 0 fully saturated rings. The van der Waals surface area contributed by atoms with Crippen molar-refractivity contribution in [2.24, 2.45) is 0 Å². The molecule has 4 rings (SSSR count). The Morgan fingerprint density at radius 3 is 2.04 bits per heavy atom. The van der Waals surface area contributed by atoms with Crippen LogP contribution in [0.2, 0.25) is 0 Å². The molecule has 138 valence electrons. The van der Waals surface area contributed by atoms with Gasteiger partial charge in [-0.25, -0.2) is 0 Å². The van der Waals surface area contributed by atoms with Crippen molar-refractivity contribution >= 4 is 17.9 Å². The lowest BCUT2D eigenvalue weighted by molar-refractivity contribution is 0.102. The normalized spacial score (nSPS) is 18.1. The van der Waals surface area contributed by atoms with E-state index < -0.39 is 11.2 Å². The van der Waals surface area contributed by atoms with E-state index in [1.165, 1.54) is 0 Å². The number of hydrogen-bond donors (Lipinski definition) is 1. The van der Waals surface area contributed by atoms with Gasteiger partial charge in [-0.15, -0.1) is 0 Å². The minimum absolute atomic E-state index is 0.115. The second kappa shape index (κ2) is 5.74. The van der Waals surface area contributed by atoms with Crippen LogP contribution in [-0.4, -0.2) is 22.1 Å². The van der Waals surface area contributed by atoms with E-state index in [9.17, 15) is 9.90 Å². The summed E-state index contributed by atoms with van der Waals surface area (Å²) in [6, 6.07) is 8.90. The van der Waals surface area contributed by atoms with Crippen LogP contribution in [-0.2, 0) is 0 Å². The maximum atomic E-state index is 13.2. The number of carbonyl (C=O) groups is 1. The van der Waals surface area contributed by atoms with Crippen LogP contribution in [0.4, 0.5) is 0 Å². The number of ketones is 1. The van der Waals surface area contributed by atoms with Crippen molar-refractivity contribution in [1.82, 2.24) is 0 Å². The van der Waals surface area contributed by atoms with Crippen molar-refractivity contribution < 1.29 is 19.4 Å². The maximum absolute atomic E-state index is 13.2. The highest BCUT2D eigenvalue weighted by atomic mass is 16.5. The van der Waals surface area contributed by atoms with Gasteiger partial charge < -0.3 is 14.6 Å². The van der Waals surface area contributed by atoms with Crippen molar-refractivity contribution in [1.29, 1.82) is 0 Å². The van der Waals surface area contributed by atoms with E-state index in [2.05, 4.69) is 0 Å². The molecule has 1 N–H and O–H groups in total. The first-order chi connectivity index (χ1) is 12.7. The Balaban J connectivity index is 2.00. The van der Waals surface area contributed by atoms with Gasteiger partial charge in [0.05, 0.1) is 11.1 Å². The molecule has 0 saturated carbocycles. The van der Waals surface area contributed by atoms with Gasteiger partial charge in [-0.05, 0) is 52.0 Å². The molecule has 0 unspecified atom stereocenters. The molecule has 0 bridgehead atoms. The molecule has 0 aromatic heterocycles. The topological polar surface area (TPSA) is 55.8 Å². The number of rotatable bonds is 2. The minimum atomic E-state index is -0.598. The molecule has 2 aliphatic rings. The number of hydrogen-bond acceptors (Lipinski definition) is 4. The predicted octanol–water partition coefficient (Wildman–Crippen LogP) is 4.99. The molecular formula is C23H22O4. The van der Waals surface area contributed by atoms with Gasteiger partial charge in [-0.2, -0.15) is 0 Å². The third-order valence-electron chi connectivity index (χ3n) is 4.75. The van der Waals surface area contributed by atoms with E-state index in [0.29, 0.717) is 28.2 Å². The Labute approximate surface area is 158 Å². The highest BCUT2D eigenvalue weighted by Crippen LogP contribution is 2.50. The van der Waals surface area contributed by atoms with Crippen LogP contribution >= 0.6 is 0 Å². The number of fused-ring (bicyclic) bond motifs is 3. The van der Waals surface area contributed by atoms with Crippen LogP contribution in [0.25, 0.3) is 12.2 Å². The van der Waals surface area contributed by atoms with Crippen LogP contribution in [0, 0.1) is 0 Å². The summed E-state index contributed by atoms with van der Waals surface area (Å²) in [6.07, 6.45) is 7.52. The first-order valence-electron chi connectivity index (χ1n) is 8.98. The quantitative estimate of drug-likeness (QED) is 0.765. The summed E-state index contributed by atoms with van der Waals surface area (Å²) in [5, 5.41) is 11.0. The lowest BCUT2D eigenvalue weighted by atomic mass is 9.89. The van der Waals surface area contributed by atoms with Crippen LogP contribution in [0.1, 0.15) is 54.7 Å². The smallest absolute Gasteiger partial charge is 0.200 e. The van der Waals surface area contributed by atoms with Crippen molar-refractivity contribution in [3.05, 3.63) is 64.7 Å². The SMILES string of the molecule is CC1(C)C=Cc2c(O)c(C(=O)c3ccccc3)c3c(c2O1)C=CC(C)(C)O3. The van der Waals surface area contributed by atoms with E-state index in [1.54, 1.807) is 24.3 Å². The minimum Gasteiger partial charge on any atom is -0.506 e. The Morgan fingerprint density at radius 1 is 0.852 bits per heavy atom. The molecule has 0 radical (unpaired) electrons. The van der Waals surface area contributed by atoms with Gasteiger partial charge >= 0.3 is 0 Å². The van der Waals surface area contributed by atoms with E-state index in [0.717, 1.165) is 0 Å². The summed E-state index contributed by atoms with van der Waals surface area (Å²) < 4.78 is 12.3. The zero-order chi connectivity index (χ0) is 19.4. The Kier molecular flexibility index (Phi) is 3.70. The number of carbonyl (C=O) groups excluding carboxylic acids is 1. The molecule has 0 spiro atoms. The number of phenolic OH excluding ortho intramolecular Hbond substituents is 1. The fourth-order valence-corrected chi connectivity index (χ4v) is 3.36. The highest BCUT2D eigenvalue weighted by Gasteiger charge is 2.36. The largest absolute Gasteiger partial charge is 0.506 e. The zero-order valence-electron chi connectivity index (χ0n) is 15.9. The van der Waals surface area contributed by atoms with Gasteiger partial charge in [0, 0.05) is 5.56 Å². The van der Waals surface area contributed by atoms with Gasteiger partial charge in [-0.1, -0.05) is 30.3 Å². The van der Waals surface area contributed by atoms with Crippen LogP contribution < -0.4 is 9.47 Å². The lowest BCUT2D eigenvalue weighted by Gasteiger charge is -2.35. The predicted molar refractivity (Wildman–Crippen MR) is 105 cm³/mol. The molecule has 4 nitrogen and oxygen atoms in total. The first kappa shape index (κ1) is 17.4. The Hall–Kier alpha value is -3.01. The van der Waals surface area contributed by atoms with E-state index >= 15 is 0 Å². The number of ether oxygens (including phenoxy) is 2. The summed E-state index contributed by atoms with van der Waals surface area (Å²) in [7, 11) is 0. The molecule has 2 aliphatic heterocycles. The fraction of sp³-hybridized carbons (Fsp3) is 0.261. The van der Waals surface area contributed by atoms with Crippen LogP contribution in [0.3, 0.4) is 0 Å². The zero-order valence-corrected chi connectivity index (χ0v) is 15.9. The second-order valence-corrected chi connectivity index (χ2v) is 7.98. The van der Waals surface area contributed by atoms with Crippen molar-refractivity contribution in [3.63, 3.8) is 0 Å². The van der Waals surface area contributed by atoms with E-state index in [1.807, 2.05) is 58.1 Å². The molecule has 0 amide bonds.